The molecular weight excluding hydrogens is 587 g/mol. The molecule has 0 saturated heterocycles. The normalized spacial score (nSPS) is 14.9. The third kappa shape index (κ3) is 3.16. The van der Waals surface area contributed by atoms with Crippen LogP contribution in [-0.2, 0) is 5.41 Å². The number of benzene rings is 6. The predicted octanol–water partition coefficient (Wildman–Crippen LogP) is 9.57. The minimum atomic E-state index is -0.217. The minimum Gasteiger partial charge on any atom is -0.468 e. The van der Waals surface area contributed by atoms with Gasteiger partial charge in [0.05, 0.1) is 11.3 Å². The standard InChI is InChI=1S/C43H29BN2O2/c1-43(2)32-20-11-9-18-28(32)29-24-25-31-39-41(48-40(31)36(29)43)44-37-30-19-10-12-23-35(30)47-42(37)46(27-16-7-4-8-17-27)34-22-13-21-33(38(34)44)45(39)26-14-5-3-6-15-26/h3-25H,1-2H3. The van der Waals surface area contributed by atoms with Gasteiger partial charge in [0.1, 0.15) is 11.2 Å². The van der Waals surface area contributed by atoms with Gasteiger partial charge in [0.15, 0.2) is 0 Å². The molecule has 0 radical (unpaired) electrons. The summed E-state index contributed by atoms with van der Waals surface area (Å²) in [5.74, 6) is 0.842. The van der Waals surface area contributed by atoms with Crippen LogP contribution >= 0.6 is 0 Å². The summed E-state index contributed by atoms with van der Waals surface area (Å²) in [6.45, 7) is 4.50. The van der Waals surface area contributed by atoms with Crippen LogP contribution in [0.4, 0.5) is 34.3 Å². The molecule has 0 unspecified atom stereocenters. The number of furan rings is 2. The lowest BCUT2D eigenvalue weighted by molar-refractivity contribution is 0.610. The first-order chi connectivity index (χ1) is 23.6. The molecular formula is C43H29BN2O2. The summed E-state index contributed by atoms with van der Waals surface area (Å²) >= 11 is 0. The molecule has 4 nitrogen and oxygen atoms in total. The molecule has 3 aliphatic rings. The first-order valence-corrected chi connectivity index (χ1v) is 16.7. The molecule has 0 N–H and O–H groups in total. The van der Waals surface area contributed by atoms with E-state index in [2.05, 4.69) is 163 Å². The lowest BCUT2D eigenvalue weighted by Gasteiger charge is -2.40. The summed E-state index contributed by atoms with van der Waals surface area (Å²) in [7, 11) is 0. The maximum atomic E-state index is 7.42. The van der Waals surface area contributed by atoms with E-state index in [0.717, 1.165) is 67.4 Å². The van der Waals surface area contributed by atoms with E-state index in [1.807, 2.05) is 0 Å². The summed E-state index contributed by atoms with van der Waals surface area (Å²) in [4.78, 5) is 4.72. The molecule has 0 amide bonds. The molecule has 48 heavy (non-hydrogen) atoms. The van der Waals surface area contributed by atoms with Gasteiger partial charge in [0.2, 0.25) is 5.88 Å². The highest BCUT2D eigenvalue weighted by atomic mass is 16.4. The van der Waals surface area contributed by atoms with Crippen LogP contribution in [-0.4, -0.2) is 6.71 Å². The Labute approximate surface area is 278 Å². The van der Waals surface area contributed by atoms with Crippen LogP contribution in [0.25, 0.3) is 33.1 Å². The topological polar surface area (TPSA) is 32.8 Å². The van der Waals surface area contributed by atoms with Crippen LogP contribution in [0.5, 0.6) is 0 Å². The van der Waals surface area contributed by atoms with Crippen molar-refractivity contribution in [2.24, 2.45) is 0 Å². The van der Waals surface area contributed by atoms with Crippen LogP contribution in [0.15, 0.2) is 148 Å². The van der Waals surface area contributed by atoms with Crippen LogP contribution in [0.1, 0.15) is 25.0 Å². The Kier molecular flexibility index (Phi) is 4.97. The molecule has 8 aromatic rings. The van der Waals surface area contributed by atoms with Gasteiger partial charge in [-0.1, -0.05) is 105 Å². The Hall–Kier alpha value is -5.94. The smallest absolute Gasteiger partial charge is 0.302 e. The van der Waals surface area contributed by atoms with E-state index < -0.39 is 0 Å². The fraction of sp³-hybridized carbons (Fsp3) is 0.0698. The molecule has 0 atom stereocenters. The second-order valence-electron chi connectivity index (χ2n) is 13.7. The Morgan fingerprint density at radius 2 is 1.21 bits per heavy atom. The second-order valence-corrected chi connectivity index (χ2v) is 13.7. The Bertz CT molecular complexity index is 2620. The average molecular weight is 617 g/mol. The fourth-order valence-corrected chi connectivity index (χ4v) is 8.87. The average Bonchev–Trinajstić information content (AvgIpc) is 3.77. The van der Waals surface area contributed by atoms with Gasteiger partial charge in [0, 0.05) is 50.0 Å². The zero-order valence-electron chi connectivity index (χ0n) is 26.6. The van der Waals surface area contributed by atoms with E-state index in [1.54, 1.807) is 0 Å². The quantitative estimate of drug-likeness (QED) is 0.181. The molecule has 0 fully saturated rings. The number of fused-ring (bicyclic) bond motifs is 12. The highest BCUT2D eigenvalue weighted by Gasteiger charge is 2.50. The Morgan fingerprint density at radius 1 is 0.542 bits per heavy atom. The van der Waals surface area contributed by atoms with Crippen molar-refractivity contribution in [3.8, 4) is 11.1 Å². The van der Waals surface area contributed by atoms with Gasteiger partial charge in [-0.25, -0.2) is 0 Å². The van der Waals surface area contributed by atoms with E-state index in [9.17, 15) is 0 Å². The number of rotatable bonds is 2. The summed E-state index contributed by atoms with van der Waals surface area (Å²) in [5, 5.41) is 2.24. The van der Waals surface area contributed by atoms with E-state index in [-0.39, 0.29) is 12.1 Å². The van der Waals surface area contributed by atoms with E-state index >= 15 is 0 Å². The molecule has 0 saturated carbocycles. The van der Waals surface area contributed by atoms with Crippen molar-refractivity contribution in [2.45, 2.75) is 19.3 Å². The van der Waals surface area contributed by atoms with Gasteiger partial charge >= 0.3 is 6.71 Å². The van der Waals surface area contributed by atoms with Crippen LogP contribution in [0, 0.1) is 0 Å². The van der Waals surface area contributed by atoms with Crippen molar-refractivity contribution in [1.82, 2.24) is 0 Å². The summed E-state index contributed by atoms with van der Waals surface area (Å²) in [5.41, 5.74) is 15.6. The van der Waals surface area contributed by atoms with Gasteiger partial charge in [-0.2, -0.15) is 0 Å². The zero-order valence-corrected chi connectivity index (χ0v) is 26.6. The van der Waals surface area contributed by atoms with Gasteiger partial charge < -0.3 is 13.7 Å². The molecule has 4 heterocycles. The monoisotopic (exact) mass is 616 g/mol. The maximum absolute atomic E-state index is 7.42. The number of anilines is 6. The van der Waals surface area contributed by atoms with Crippen molar-refractivity contribution in [2.75, 3.05) is 9.80 Å². The largest absolute Gasteiger partial charge is 0.468 e. The zero-order chi connectivity index (χ0) is 31.7. The van der Waals surface area contributed by atoms with Gasteiger partial charge in [-0.05, 0) is 70.7 Å². The fourth-order valence-electron chi connectivity index (χ4n) is 8.87. The lowest BCUT2D eigenvalue weighted by atomic mass is 9.35. The molecule has 0 spiro atoms. The Balaban J connectivity index is 1.29. The van der Waals surface area contributed by atoms with Gasteiger partial charge in [-0.15, -0.1) is 0 Å². The molecule has 226 valence electrons. The maximum Gasteiger partial charge on any atom is 0.302 e. The van der Waals surface area contributed by atoms with Crippen molar-refractivity contribution in [3.63, 3.8) is 0 Å². The predicted molar refractivity (Wildman–Crippen MR) is 198 cm³/mol. The number of nitrogens with zero attached hydrogens (tertiary/aromatic N) is 2. The minimum absolute atomic E-state index is 0.167. The van der Waals surface area contributed by atoms with E-state index in [1.165, 1.54) is 27.7 Å². The summed E-state index contributed by atoms with van der Waals surface area (Å²) in [6.07, 6.45) is 0. The summed E-state index contributed by atoms with van der Waals surface area (Å²) < 4.78 is 14.2. The van der Waals surface area contributed by atoms with Crippen molar-refractivity contribution in [3.05, 3.63) is 151 Å². The molecule has 2 aliphatic heterocycles. The first kappa shape index (κ1) is 26.2. The highest BCUT2D eigenvalue weighted by molar-refractivity contribution is 7.01. The first-order valence-electron chi connectivity index (χ1n) is 16.7. The van der Waals surface area contributed by atoms with Crippen LogP contribution in [0.2, 0.25) is 0 Å². The van der Waals surface area contributed by atoms with Crippen molar-refractivity contribution < 1.29 is 8.83 Å². The molecule has 5 heteroatoms. The lowest BCUT2D eigenvalue weighted by Crippen LogP contribution is -2.60. The van der Waals surface area contributed by atoms with Crippen molar-refractivity contribution >= 4 is 79.6 Å². The molecule has 6 aromatic carbocycles. The number of hydrogen-bond donors (Lipinski definition) is 0. The Morgan fingerprint density at radius 3 is 2.00 bits per heavy atom. The van der Waals surface area contributed by atoms with E-state index in [0.29, 0.717) is 0 Å². The summed E-state index contributed by atoms with van der Waals surface area (Å²) in [6, 6.07) is 49.8. The SMILES string of the molecule is CC1(C)c2ccccc2-c2ccc3c4c(oc3c21)B1c2c(cccc2N4c2ccccc2)N(c2ccccc2)c2oc3ccccc3c21. The van der Waals surface area contributed by atoms with Crippen LogP contribution in [0.3, 0.4) is 0 Å². The highest BCUT2D eigenvalue weighted by Crippen LogP contribution is 2.54. The molecule has 0 bridgehead atoms. The molecule has 2 aromatic heterocycles. The van der Waals surface area contributed by atoms with Crippen molar-refractivity contribution in [1.29, 1.82) is 0 Å². The van der Waals surface area contributed by atoms with E-state index in [4.69, 9.17) is 8.83 Å². The molecule has 1 aliphatic carbocycles. The third-order valence-electron chi connectivity index (χ3n) is 10.8. The van der Waals surface area contributed by atoms with Gasteiger partial charge in [0.25, 0.3) is 0 Å². The molecule has 11 rings (SSSR count). The third-order valence-corrected chi connectivity index (χ3v) is 10.8. The number of hydrogen-bond acceptors (Lipinski definition) is 4. The second kappa shape index (κ2) is 9.11. The van der Waals surface area contributed by atoms with Gasteiger partial charge in [-0.3, -0.25) is 4.90 Å². The van der Waals surface area contributed by atoms with Crippen LogP contribution < -0.4 is 26.4 Å². The number of para-hydroxylation sites is 3.